The normalized spacial score (nSPS) is 24.9. The highest BCUT2D eigenvalue weighted by molar-refractivity contribution is 6.70. The second-order valence-corrected chi connectivity index (χ2v) is 13.4. The van der Waals surface area contributed by atoms with E-state index in [1.165, 1.54) is 0 Å². The third-order valence-corrected chi connectivity index (χ3v) is 11.2. The van der Waals surface area contributed by atoms with E-state index in [1.807, 2.05) is 0 Å². The van der Waals surface area contributed by atoms with E-state index in [0.717, 1.165) is 64.6 Å². The summed E-state index contributed by atoms with van der Waals surface area (Å²) in [5.74, 6) is 0. The predicted molar refractivity (Wildman–Crippen MR) is 135 cm³/mol. The van der Waals surface area contributed by atoms with E-state index >= 15 is 0 Å². The van der Waals surface area contributed by atoms with Crippen molar-refractivity contribution in [3.8, 4) is 0 Å². The number of hydrogen-bond acceptors (Lipinski definition) is 6. The van der Waals surface area contributed by atoms with Crippen LogP contribution < -0.4 is 0 Å². The fraction of sp³-hybridized carbons (Fsp3) is 1.00. The molecule has 0 N–H and O–H groups in total. The van der Waals surface area contributed by atoms with E-state index in [9.17, 15) is 0 Å². The molecule has 2 aliphatic heterocycles. The molecule has 0 aromatic rings. The average molecular weight is 489 g/mol. The average Bonchev–Trinajstić information content (AvgIpc) is 2.66. The van der Waals surface area contributed by atoms with Crippen LogP contribution in [0.2, 0.25) is 0 Å². The van der Waals surface area contributed by atoms with Crippen LogP contribution >= 0.6 is 0 Å². The second-order valence-electron chi connectivity index (χ2n) is 10.2. The third-order valence-electron chi connectivity index (χ3n) is 6.60. The van der Waals surface area contributed by atoms with Crippen LogP contribution in [0.15, 0.2) is 0 Å². The summed E-state index contributed by atoms with van der Waals surface area (Å²) in [6.07, 6.45) is 8.47. The number of hydrogen-bond donors (Lipinski definition) is 0. The Morgan fingerprint density at radius 3 is 1.27 bits per heavy atom. The molecule has 0 bridgehead atoms. The standard InChI is InChI=1S/C26H52O6Si/c1-9-13-23(21-15-17-27-21)29-25(11-3)33(31-19(5)6,32-20(7)8)26(12-4)30-24(14-10-2)22-16-18-28-22/h19-26H,9-18H2,1-8H3. The zero-order valence-electron chi connectivity index (χ0n) is 22.6. The Morgan fingerprint density at radius 1 is 0.697 bits per heavy atom. The van der Waals surface area contributed by atoms with Crippen molar-refractivity contribution in [2.75, 3.05) is 13.2 Å². The molecule has 6 atom stereocenters. The SMILES string of the molecule is CCCC(OC(CC)[Si](OC(C)C)(OC(C)C)C(CC)OC(CCC)C1CCO1)C1CCO1. The molecule has 6 unspecified atom stereocenters. The van der Waals surface area contributed by atoms with E-state index in [2.05, 4.69) is 55.4 Å². The van der Waals surface area contributed by atoms with Crippen LogP contribution in [0.4, 0.5) is 0 Å². The van der Waals surface area contributed by atoms with E-state index in [4.69, 9.17) is 27.8 Å². The van der Waals surface area contributed by atoms with Gasteiger partial charge < -0.3 is 27.8 Å². The zero-order chi connectivity index (χ0) is 24.4. The van der Waals surface area contributed by atoms with Crippen molar-refractivity contribution in [2.24, 2.45) is 0 Å². The van der Waals surface area contributed by atoms with Gasteiger partial charge in [-0.15, -0.1) is 0 Å². The molecule has 7 heteroatoms. The highest BCUT2D eigenvalue weighted by atomic mass is 28.4. The molecule has 0 aromatic heterocycles. The minimum Gasteiger partial charge on any atom is -0.389 e. The summed E-state index contributed by atoms with van der Waals surface area (Å²) in [7, 11) is -2.99. The van der Waals surface area contributed by atoms with Crippen molar-refractivity contribution in [2.45, 2.75) is 155 Å². The molecule has 0 aliphatic carbocycles. The molecular weight excluding hydrogens is 436 g/mol. The quantitative estimate of drug-likeness (QED) is 0.225. The third kappa shape index (κ3) is 7.99. The van der Waals surface area contributed by atoms with E-state index in [-0.39, 0.29) is 48.1 Å². The summed E-state index contributed by atoms with van der Waals surface area (Å²) in [6, 6.07) is 0. The van der Waals surface area contributed by atoms with Gasteiger partial charge in [-0.1, -0.05) is 40.5 Å². The molecule has 0 amide bonds. The van der Waals surface area contributed by atoms with Gasteiger partial charge in [-0.3, -0.25) is 0 Å². The highest BCUT2D eigenvalue weighted by Crippen LogP contribution is 2.35. The summed E-state index contributed by atoms with van der Waals surface area (Å²) in [6.45, 7) is 18.9. The molecule has 0 radical (unpaired) electrons. The fourth-order valence-corrected chi connectivity index (χ4v) is 9.41. The van der Waals surface area contributed by atoms with Crippen molar-refractivity contribution in [3.05, 3.63) is 0 Å². The second kappa shape index (κ2) is 14.5. The van der Waals surface area contributed by atoms with Crippen LogP contribution in [0.5, 0.6) is 0 Å². The summed E-state index contributed by atoms with van der Waals surface area (Å²) in [5.41, 5.74) is -0.254. The molecule has 2 fully saturated rings. The first-order chi connectivity index (χ1) is 15.8. The Morgan fingerprint density at radius 2 is 1.06 bits per heavy atom. The van der Waals surface area contributed by atoms with Gasteiger partial charge in [0.2, 0.25) is 0 Å². The molecule has 0 saturated carbocycles. The molecule has 33 heavy (non-hydrogen) atoms. The van der Waals surface area contributed by atoms with E-state index in [1.54, 1.807) is 0 Å². The molecule has 2 heterocycles. The van der Waals surface area contributed by atoms with Gasteiger partial charge in [0.25, 0.3) is 0 Å². The minimum atomic E-state index is -2.99. The lowest BCUT2D eigenvalue weighted by Crippen LogP contribution is -2.67. The van der Waals surface area contributed by atoms with Crippen LogP contribution in [-0.4, -0.2) is 69.9 Å². The van der Waals surface area contributed by atoms with Crippen LogP contribution in [0.25, 0.3) is 0 Å². The largest absolute Gasteiger partial charge is 0.398 e. The molecule has 2 aliphatic rings. The van der Waals surface area contributed by atoms with Crippen molar-refractivity contribution >= 4 is 8.56 Å². The molecule has 2 rings (SSSR count). The lowest BCUT2D eigenvalue weighted by molar-refractivity contribution is -0.167. The Labute approximate surface area is 204 Å². The maximum Gasteiger partial charge on any atom is 0.398 e. The Kier molecular flexibility index (Phi) is 12.8. The molecule has 0 aromatic carbocycles. The van der Waals surface area contributed by atoms with Gasteiger partial charge in [0, 0.05) is 25.4 Å². The van der Waals surface area contributed by atoms with Gasteiger partial charge in [-0.2, -0.15) is 0 Å². The molecule has 196 valence electrons. The summed E-state index contributed by atoms with van der Waals surface area (Å²) >= 11 is 0. The van der Waals surface area contributed by atoms with E-state index < -0.39 is 8.56 Å². The zero-order valence-corrected chi connectivity index (χ0v) is 23.6. The predicted octanol–water partition coefficient (Wildman–Crippen LogP) is 5.86. The van der Waals surface area contributed by atoms with Gasteiger partial charge in [-0.25, -0.2) is 0 Å². The molecule has 0 spiro atoms. The number of ether oxygens (including phenoxy) is 4. The van der Waals surface area contributed by atoms with E-state index in [0.29, 0.717) is 0 Å². The van der Waals surface area contributed by atoms with Crippen molar-refractivity contribution in [1.82, 2.24) is 0 Å². The topological polar surface area (TPSA) is 55.4 Å². The van der Waals surface area contributed by atoms with Gasteiger partial charge in [0.05, 0.1) is 24.4 Å². The lowest BCUT2D eigenvalue weighted by Gasteiger charge is -2.47. The summed E-state index contributed by atoms with van der Waals surface area (Å²) in [5, 5.41) is 0. The van der Waals surface area contributed by atoms with Crippen LogP contribution in [0.1, 0.15) is 107 Å². The van der Waals surface area contributed by atoms with Gasteiger partial charge in [-0.05, 0) is 66.2 Å². The van der Waals surface area contributed by atoms with Gasteiger partial charge in [0.15, 0.2) is 0 Å². The maximum atomic E-state index is 6.91. The van der Waals surface area contributed by atoms with Gasteiger partial charge >= 0.3 is 8.56 Å². The Balaban J connectivity index is 2.39. The Hall–Kier alpha value is -0.0231. The Bertz CT molecular complexity index is 477. The van der Waals surface area contributed by atoms with Crippen molar-refractivity contribution in [1.29, 1.82) is 0 Å². The summed E-state index contributed by atoms with van der Waals surface area (Å²) in [4.78, 5) is 0. The van der Waals surface area contributed by atoms with Gasteiger partial charge in [0.1, 0.15) is 11.5 Å². The smallest absolute Gasteiger partial charge is 0.389 e. The molecule has 2 saturated heterocycles. The fourth-order valence-electron chi connectivity index (χ4n) is 5.00. The highest BCUT2D eigenvalue weighted by Gasteiger charge is 2.57. The van der Waals surface area contributed by atoms with Crippen molar-refractivity contribution in [3.63, 3.8) is 0 Å². The first-order valence-corrected chi connectivity index (χ1v) is 15.7. The maximum absolute atomic E-state index is 6.91. The first-order valence-electron chi connectivity index (χ1n) is 13.7. The minimum absolute atomic E-state index is 0.0277. The first kappa shape index (κ1) is 29.2. The number of rotatable bonds is 18. The van der Waals surface area contributed by atoms with Crippen LogP contribution in [-0.2, 0) is 27.8 Å². The van der Waals surface area contributed by atoms with Crippen LogP contribution in [0, 0.1) is 0 Å². The lowest BCUT2D eigenvalue weighted by atomic mass is 10.0. The summed E-state index contributed by atoms with van der Waals surface area (Å²) < 4.78 is 39.3. The van der Waals surface area contributed by atoms with Crippen molar-refractivity contribution < 1.29 is 27.8 Å². The molecule has 6 nitrogen and oxygen atoms in total. The van der Waals surface area contributed by atoms with Crippen LogP contribution in [0.3, 0.4) is 0 Å². The monoisotopic (exact) mass is 488 g/mol. The molecular formula is C26H52O6Si.